The van der Waals surface area contributed by atoms with Gasteiger partial charge >= 0.3 is 0 Å². The van der Waals surface area contributed by atoms with Crippen molar-refractivity contribution in [1.82, 2.24) is 0 Å². The third kappa shape index (κ3) is 2.34. The molecule has 1 aliphatic rings. The molecule has 2 rings (SSSR count). The summed E-state index contributed by atoms with van der Waals surface area (Å²) in [6, 6.07) is 4.16. The van der Waals surface area contributed by atoms with Crippen molar-refractivity contribution in [3.63, 3.8) is 0 Å². The van der Waals surface area contributed by atoms with Crippen LogP contribution in [-0.4, -0.2) is 13.6 Å². The minimum Gasteiger partial charge on any atom is -0.398 e. The maximum absolute atomic E-state index is 5.88. The summed E-state index contributed by atoms with van der Waals surface area (Å²) >= 11 is 3.59. The maximum atomic E-state index is 5.88. The number of benzene rings is 1. The van der Waals surface area contributed by atoms with E-state index in [1.54, 1.807) is 0 Å². The fourth-order valence-corrected chi connectivity index (χ4v) is 2.74. The summed E-state index contributed by atoms with van der Waals surface area (Å²) in [4.78, 5) is 2.32. The summed E-state index contributed by atoms with van der Waals surface area (Å²) in [5.74, 6) is 1.77. The number of nitrogens with two attached hydrogens (primary N) is 1. The van der Waals surface area contributed by atoms with Gasteiger partial charge in [0.05, 0.1) is 5.69 Å². The minimum atomic E-state index is 0.851. The van der Waals surface area contributed by atoms with Gasteiger partial charge in [-0.1, -0.05) is 6.92 Å². The fourth-order valence-electron chi connectivity index (χ4n) is 2.08. The first-order chi connectivity index (χ1) is 7.49. The van der Waals surface area contributed by atoms with Crippen LogP contribution >= 0.6 is 15.9 Å². The molecule has 0 saturated heterocycles. The first-order valence-electron chi connectivity index (χ1n) is 5.75. The van der Waals surface area contributed by atoms with E-state index in [2.05, 4.69) is 47.8 Å². The zero-order chi connectivity index (χ0) is 11.9. The lowest BCUT2D eigenvalue weighted by molar-refractivity contribution is 0.724. The van der Waals surface area contributed by atoms with Gasteiger partial charge in [0, 0.05) is 23.8 Å². The van der Waals surface area contributed by atoms with Crippen LogP contribution < -0.4 is 10.6 Å². The predicted molar refractivity (Wildman–Crippen MR) is 73.8 cm³/mol. The van der Waals surface area contributed by atoms with Gasteiger partial charge in [0.25, 0.3) is 0 Å². The molecule has 0 aliphatic heterocycles. The highest BCUT2D eigenvalue weighted by Gasteiger charge is 2.33. The Morgan fingerprint density at radius 1 is 1.50 bits per heavy atom. The zero-order valence-corrected chi connectivity index (χ0v) is 11.7. The SMILES string of the molecule is Cc1cc(N(C)CC2CC2C)c(Br)cc1N. The van der Waals surface area contributed by atoms with Gasteiger partial charge in [-0.25, -0.2) is 0 Å². The van der Waals surface area contributed by atoms with Crippen molar-refractivity contribution in [2.75, 3.05) is 24.2 Å². The van der Waals surface area contributed by atoms with Crippen molar-refractivity contribution in [2.24, 2.45) is 11.8 Å². The molecule has 1 fully saturated rings. The highest BCUT2D eigenvalue weighted by atomic mass is 79.9. The van der Waals surface area contributed by atoms with E-state index in [0.717, 1.165) is 34.1 Å². The van der Waals surface area contributed by atoms with Gasteiger partial charge in [-0.05, 0) is 58.8 Å². The highest BCUT2D eigenvalue weighted by Crippen LogP contribution is 2.40. The van der Waals surface area contributed by atoms with E-state index in [1.807, 2.05) is 6.07 Å². The van der Waals surface area contributed by atoms with Crippen LogP contribution in [0.5, 0.6) is 0 Å². The van der Waals surface area contributed by atoms with Crippen molar-refractivity contribution in [2.45, 2.75) is 20.3 Å². The average molecular weight is 283 g/mol. The number of nitrogen functional groups attached to an aromatic ring is 1. The standard InChI is InChI=1S/C13H19BrN2/c1-8-4-10(8)7-16(3)13-5-9(2)12(15)6-11(13)14/h5-6,8,10H,4,7,15H2,1-3H3. The molecule has 2 N–H and O–H groups in total. The molecular formula is C13H19BrN2. The van der Waals surface area contributed by atoms with Gasteiger partial charge in [0.15, 0.2) is 0 Å². The summed E-state index contributed by atoms with van der Waals surface area (Å²) in [7, 11) is 2.15. The Morgan fingerprint density at radius 3 is 2.69 bits per heavy atom. The van der Waals surface area contributed by atoms with Crippen LogP contribution in [0.25, 0.3) is 0 Å². The molecule has 2 atom stereocenters. The van der Waals surface area contributed by atoms with Crippen LogP contribution in [0.15, 0.2) is 16.6 Å². The molecule has 16 heavy (non-hydrogen) atoms. The lowest BCUT2D eigenvalue weighted by atomic mass is 10.1. The molecule has 1 saturated carbocycles. The molecule has 1 aliphatic carbocycles. The van der Waals surface area contributed by atoms with Gasteiger partial charge in [-0.15, -0.1) is 0 Å². The zero-order valence-electron chi connectivity index (χ0n) is 10.1. The lowest BCUT2D eigenvalue weighted by Gasteiger charge is -2.22. The van der Waals surface area contributed by atoms with Crippen molar-refractivity contribution in [1.29, 1.82) is 0 Å². The second-order valence-electron chi connectivity index (χ2n) is 5.01. The number of hydrogen-bond acceptors (Lipinski definition) is 2. The Hall–Kier alpha value is -0.700. The van der Waals surface area contributed by atoms with Crippen LogP contribution in [0.2, 0.25) is 0 Å². The third-order valence-corrected chi connectivity index (χ3v) is 4.17. The Morgan fingerprint density at radius 2 is 2.12 bits per heavy atom. The molecular weight excluding hydrogens is 264 g/mol. The fraction of sp³-hybridized carbons (Fsp3) is 0.538. The Balaban J connectivity index is 2.15. The summed E-state index contributed by atoms with van der Waals surface area (Å²) in [5.41, 5.74) is 9.12. The first kappa shape index (κ1) is 11.8. The molecule has 2 unspecified atom stereocenters. The second kappa shape index (κ2) is 4.28. The number of halogens is 1. The van der Waals surface area contributed by atoms with Crippen LogP contribution in [-0.2, 0) is 0 Å². The molecule has 3 heteroatoms. The largest absolute Gasteiger partial charge is 0.398 e. The maximum Gasteiger partial charge on any atom is 0.0512 e. The molecule has 88 valence electrons. The Labute approximate surface area is 106 Å². The van der Waals surface area contributed by atoms with Gasteiger partial charge in [0.1, 0.15) is 0 Å². The minimum absolute atomic E-state index is 0.851. The number of nitrogens with zero attached hydrogens (tertiary/aromatic N) is 1. The number of anilines is 2. The van der Waals surface area contributed by atoms with Crippen LogP contribution in [0.3, 0.4) is 0 Å². The summed E-state index contributed by atoms with van der Waals surface area (Å²) in [6.07, 6.45) is 1.37. The first-order valence-corrected chi connectivity index (χ1v) is 6.55. The van der Waals surface area contributed by atoms with E-state index in [-0.39, 0.29) is 0 Å². The third-order valence-electron chi connectivity index (χ3n) is 3.53. The Bertz CT molecular complexity index is 403. The van der Waals surface area contributed by atoms with E-state index < -0.39 is 0 Å². The van der Waals surface area contributed by atoms with Gasteiger partial charge < -0.3 is 10.6 Å². The molecule has 0 spiro atoms. The summed E-state index contributed by atoms with van der Waals surface area (Å²) in [5, 5.41) is 0. The lowest BCUT2D eigenvalue weighted by Crippen LogP contribution is -2.21. The second-order valence-corrected chi connectivity index (χ2v) is 5.87. The number of hydrogen-bond donors (Lipinski definition) is 1. The Kier molecular flexibility index (Phi) is 3.15. The highest BCUT2D eigenvalue weighted by molar-refractivity contribution is 9.10. The smallest absolute Gasteiger partial charge is 0.0512 e. The monoisotopic (exact) mass is 282 g/mol. The predicted octanol–water partition coefficient (Wildman–Crippen LogP) is 3.43. The summed E-state index contributed by atoms with van der Waals surface area (Å²) < 4.78 is 1.09. The van der Waals surface area contributed by atoms with Gasteiger partial charge in [-0.2, -0.15) is 0 Å². The van der Waals surface area contributed by atoms with Crippen molar-refractivity contribution in [3.05, 3.63) is 22.2 Å². The van der Waals surface area contributed by atoms with Crippen LogP contribution in [0.1, 0.15) is 18.9 Å². The molecule has 0 amide bonds. The van der Waals surface area contributed by atoms with E-state index in [0.29, 0.717) is 0 Å². The van der Waals surface area contributed by atoms with Crippen LogP contribution in [0, 0.1) is 18.8 Å². The topological polar surface area (TPSA) is 29.3 Å². The normalized spacial score (nSPS) is 23.2. The molecule has 1 aromatic rings. The van der Waals surface area contributed by atoms with E-state index in [4.69, 9.17) is 5.73 Å². The van der Waals surface area contributed by atoms with E-state index in [9.17, 15) is 0 Å². The van der Waals surface area contributed by atoms with E-state index >= 15 is 0 Å². The number of rotatable bonds is 3. The summed E-state index contributed by atoms with van der Waals surface area (Å²) in [6.45, 7) is 5.52. The van der Waals surface area contributed by atoms with Crippen molar-refractivity contribution in [3.8, 4) is 0 Å². The average Bonchev–Trinajstić information content (AvgIpc) is 2.87. The van der Waals surface area contributed by atoms with Gasteiger partial charge in [0.2, 0.25) is 0 Å². The van der Waals surface area contributed by atoms with Crippen molar-refractivity contribution >= 4 is 27.3 Å². The molecule has 0 radical (unpaired) electrons. The molecule has 2 nitrogen and oxygen atoms in total. The van der Waals surface area contributed by atoms with Crippen molar-refractivity contribution < 1.29 is 0 Å². The molecule has 1 aromatic carbocycles. The number of aryl methyl sites for hydroxylation is 1. The quantitative estimate of drug-likeness (QED) is 0.861. The van der Waals surface area contributed by atoms with Crippen LogP contribution in [0.4, 0.5) is 11.4 Å². The van der Waals surface area contributed by atoms with Gasteiger partial charge in [-0.3, -0.25) is 0 Å². The molecule has 0 bridgehead atoms. The molecule has 0 aromatic heterocycles. The molecule has 0 heterocycles. The van der Waals surface area contributed by atoms with E-state index in [1.165, 1.54) is 12.1 Å².